The van der Waals surface area contributed by atoms with Crippen molar-refractivity contribution >= 4 is 17.3 Å². The first-order valence-corrected chi connectivity index (χ1v) is 5.94. The van der Waals surface area contributed by atoms with Gasteiger partial charge >= 0.3 is 0 Å². The number of nitrogens with one attached hydrogen (secondary N) is 1. The average Bonchev–Trinajstić information content (AvgIpc) is 2.39. The third kappa shape index (κ3) is 3.35. The highest BCUT2D eigenvalue weighted by Gasteiger charge is 2.03. The molecule has 0 aliphatic heterocycles. The number of hydrogen-bond acceptors (Lipinski definition) is 2. The maximum atomic E-state index is 10.8. The lowest BCUT2D eigenvalue weighted by atomic mass is 10.1. The smallest absolute Gasteiger partial charge is 0.217 e. The highest BCUT2D eigenvalue weighted by atomic mass is 16.1. The lowest BCUT2D eigenvalue weighted by molar-refractivity contribution is -0.117. The molecule has 0 fully saturated rings. The molecule has 2 aromatic carbocycles. The summed E-state index contributed by atoms with van der Waals surface area (Å²) in [6.45, 7) is 0. The van der Waals surface area contributed by atoms with Crippen LogP contribution in [0.3, 0.4) is 0 Å². The first kappa shape index (κ1) is 12.2. The number of benzene rings is 2. The van der Waals surface area contributed by atoms with E-state index in [-0.39, 0.29) is 5.91 Å². The summed E-state index contributed by atoms with van der Waals surface area (Å²) >= 11 is 0. The number of aryl methyl sites for hydroxylation is 1. The van der Waals surface area contributed by atoms with E-state index in [4.69, 9.17) is 5.73 Å². The van der Waals surface area contributed by atoms with Gasteiger partial charge in [0.25, 0.3) is 0 Å². The summed E-state index contributed by atoms with van der Waals surface area (Å²) in [7, 11) is 0. The molecule has 0 saturated carbocycles. The number of rotatable bonds is 5. The molecule has 0 unspecified atom stereocenters. The first-order valence-electron chi connectivity index (χ1n) is 5.94. The summed E-state index contributed by atoms with van der Waals surface area (Å²) in [6.07, 6.45) is 1.03. The Morgan fingerprint density at radius 3 is 2.39 bits per heavy atom. The van der Waals surface area contributed by atoms with Crippen molar-refractivity contribution < 1.29 is 4.79 Å². The van der Waals surface area contributed by atoms with E-state index in [0.717, 1.165) is 16.9 Å². The van der Waals surface area contributed by atoms with Crippen molar-refractivity contribution in [1.29, 1.82) is 0 Å². The predicted molar refractivity (Wildman–Crippen MR) is 73.7 cm³/mol. The van der Waals surface area contributed by atoms with Crippen LogP contribution in [-0.2, 0) is 11.2 Å². The summed E-state index contributed by atoms with van der Waals surface area (Å²) < 4.78 is 0. The van der Waals surface area contributed by atoms with Gasteiger partial charge in [0.05, 0.1) is 0 Å². The molecule has 1 amide bonds. The summed E-state index contributed by atoms with van der Waals surface area (Å²) in [5.74, 6) is -0.274. The van der Waals surface area contributed by atoms with Crippen molar-refractivity contribution in [2.45, 2.75) is 12.8 Å². The molecule has 3 heteroatoms. The molecular formula is C15H16N2O. The molecule has 2 rings (SSSR count). The van der Waals surface area contributed by atoms with Gasteiger partial charge in [0, 0.05) is 17.8 Å². The van der Waals surface area contributed by atoms with E-state index in [2.05, 4.69) is 5.32 Å². The number of carbonyl (C=O) groups is 1. The van der Waals surface area contributed by atoms with Gasteiger partial charge in [-0.05, 0) is 30.2 Å². The van der Waals surface area contributed by atoms with Crippen molar-refractivity contribution in [3.8, 4) is 0 Å². The Balaban J connectivity index is 2.14. The van der Waals surface area contributed by atoms with Crippen LogP contribution in [0.15, 0.2) is 54.6 Å². The molecule has 0 atom stereocenters. The largest absolute Gasteiger partial charge is 0.370 e. The van der Waals surface area contributed by atoms with E-state index in [1.165, 1.54) is 0 Å². The minimum absolute atomic E-state index is 0.274. The molecule has 0 aromatic heterocycles. The number of carbonyl (C=O) groups excluding carboxylic acids is 1. The summed E-state index contributed by atoms with van der Waals surface area (Å²) in [5.41, 5.74) is 8.33. The van der Waals surface area contributed by atoms with Crippen LogP contribution in [0, 0.1) is 0 Å². The molecule has 0 aliphatic rings. The third-order valence-corrected chi connectivity index (χ3v) is 2.71. The quantitative estimate of drug-likeness (QED) is 0.844. The van der Waals surface area contributed by atoms with Gasteiger partial charge in [0.2, 0.25) is 5.91 Å². The number of nitrogens with two attached hydrogens (primary N) is 1. The Labute approximate surface area is 107 Å². The zero-order valence-corrected chi connectivity index (χ0v) is 10.1. The normalized spacial score (nSPS) is 10.0. The van der Waals surface area contributed by atoms with Crippen LogP contribution in [0.25, 0.3) is 0 Å². The van der Waals surface area contributed by atoms with E-state index in [1.807, 2.05) is 54.6 Å². The van der Waals surface area contributed by atoms with Gasteiger partial charge in [-0.2, -0.15) is 0 Å². The van der Waals surface area contributed by atoms with Gasteiger partial charge in [-0.1, -0.05) is 36.4 Å². The zero-order chi connectivity index (χ0) is 12.8. The monoisotopic (exact) mass is 240 g/mol. The maximum absolute atomic E-state index is 10.8. The Hall–Kier alpha value is -2.29. The molecule has 92 valence electrons. The van der Waals surface area contributed by atoms with Gasteiger partial charge in [-0.15, -0.1) is 0 Å². The molecule has 0 saturated heterocycles. The Morgan fingerprint density at radius 2 is 1.67 bits per heavy atom. The van der Waals surface area contributed by atoms with E-state index in [1.54, 1.807) is 0 Å². The minimum Gasteiger partial charge on any atom is -0.370 e. The molecule has 0 bridgehead atoms. The second kappa shape index (κ2) is 5.87. The molecular weight excluding hydrogens is 224 g/mol. The van der Waals surface area contributed by atoms with Gasteiger partial charge in [-0.25, -0.2) is 0 Å². The first-order chi connectivity index (χ1) is 8.75. The fourth-order valence-corrected chi connectivity index (χ4v) is 1.80. The van der Waals surface area contributed by atoms with Crippen LogP contribution in [-0.4, -0.2) is 5.91 Å². The fraction of sp³-hybridized carbons (Fsp3) is 0.133. The van der Waals surface area contributed by atoms with Crippen molar-refractivity contribution in [2.24, 2.45) is 5.73 Å². The van der Waals surface area contributed by atoms with Crippen molar-refractivity contribution in [3.63, 3.8) is 0 Å². The van der Waals surface area contributed by atoms with E-state index >= 15 is 0 Å². The predicted octanol–water partition coefficient (Wildman–Crippen LogP) is 2.85. The number of para-hydroxylation sites is 2. The molecule has 0 spiro atoms. The van der Waals surface area contributed by atoms with Crippen LogP contribution < -0.4 is 11.1 Å². The third-order valence-electron chi connectivity index (χ3n) is 2.71. The maximum Gasteiger partial charge on any atom is 0.217 e. The highest BCUT2D eigenvalue weighted by Crippen LogP contribution is 2.21. The highest BCUT2D eigenvalue weighted by molar-refractivity contribution is 5.74. The van der Waals surface area contributed by atoms with E-state index < -0.39 is 0 Å². The molecule has 0 heterocycles. The summed E-state index contributed by atoms with van der Waals surface area (Å²) in [4.78, 5) is 10.8. The summed E-state index contributed by atoms with van der Waals surface area (Å²) in [5, 5.41) is 3.34. The Bertz CT molecular complexity index is 523. The van der Waals surface area contributed by atoms with E-state index in [9.17, 15) is 4.79 Å². The molecule has 0 aliphatic carbocycles. The topological polar surface area (TPSA) is 55.1 Å². The van der Waals surface area contributed by atoms with Crippen LogP contribution in [0.4, 0.5) is 11.4 Å². The lowest BCUT2D eigenvalue weighted by Crippen LogP contribution is -2.11. The van der Waals surface area contributed by atoms with Crippen LogP contribution in [0.2, 0.25) is 0 Å². The van der Waals surface area contributed by atoms with Crippen LogP contribution >= 0.6 is 0 Å². The fourth-order valence-electron chi connectivity index (χ4n) is 1.80. The Morgan fingerprint density at radius 1 is 1.00 bits per heavy atom. The Kier molecular flexibility index (Phi) is 3.97. The molecule has 18 heavy (non-hydrogen) atoms. The van der Waals surface area contributed by atoms with Crippen molar-refractivity contribution in [2.75, 3.05) is 5.32 Å². The molecule has 2 aromatic rings. The van der Waals surface area contributed by atoms with Gasteiger partial charge in [0.1, 0.15) is 0 Å². The molecule has 3 nitrogen and oxygen atoms in total. The number of primary amides is 1. The second-order valence-corrected chi connectivity index (χ2v) is 4.11. The number of hydrogen-bond donors (Lipinski definition) is 2. The SMILES string of the molecule is NC(=O)CCc1ccccc1Nc1ccccc1. The van der Waals surface area contributed by atoms with E-state index in [0.29, 0.717) is 12.8 Å². The van der Waals surface area contributed by atoms with Crippen molar-refractivity contribution in [1.82, 2.24) is 0 Å². The number of anilines is 2. The average molecular weight is 240 g/mol. The van der Waals surface area contributed by atoms with Crippen LogP contribution in [0.1, 0.15) is 12.0 Å². The minimum atomic E-state index is -0.274. The van der Waals surface area contributed by atoms with Gasteiger partial charge in [0.15, 0.2) is 0 Å². The van der Waals surface area contributed by atoms with Crippen molar-refractivity contribution in [3.05, 3.63) is 60.2 Å². The van der Waals surface area contributed by atoms with Gasteiger partial charge < -0.3 is 11.1 Å². The molecule has 0 radical (unpaired) electrons. The zero-order valence-electron chi connectivity index (χ0n) is 10.1. The number of amides is 1. The van der Waals surface area contributed by atoms with Gasteiger partial charge in [-0.3, -0.25) is 4.79 Å². The van der Waals surface area contributed by atoms with Crippen LogP contribution in [0.5, 0.6) is 0 Å². The standard InChI is InChI=1S/C15H16N2O/c16-15(18)11-10-12-6-4-5-9-14(12)17-13-7-2-1-3-8-13/h1-9,17H,10-11H2,(H2,16,18). The lowest BCUT2D eigenvalue weighted by Gasteiger charge is -2.11. The summed E-state index contributed by atoms with van der Waals surface area (Å²) in [6, 6.07) is 17.9. The molecule has 3 N–H and O–H groups in total. The second-order valence-electron chi connectivity index (χ2n) is 4.11.